The van der Waals surface area contributed by atoms with Gasteiger partial charge in [0, 0.05) is 6.92 Å². The number of hydrogen-bond acceptors (Lipinski definition) is 6. The lowest BCUT2D eigenvalue weighted by atomic mass is 10.4. The van der Waals surface area contributed by atoms with Crippen molar-refractivity contribution in [1.82, 2.24) is 0 Å². The number of esters is 3. The van der Waals surface area contributed by atoms with Crippen LogP contribution in [0.4, 0.5) is 0 Å². The first-order chi connectivity index (χ1) is 6.56. The number of carbonyl (C=O) groups is 3. The van der Waals surface area contributed by atoms with Gasteiger partial charge in [-0.05, 0) is 6.92 Å². The van der Waals surface area contributed by atoms with Gasteiger partial charge in [0.25, 0.3) is 0 Å². The Morgan fingerprint density at radius 3 is 2.07 bits per heavy atom. The van der Waals surface area contributed by atoms with Gasteiger partial charge in [0.15, 0.2) is 0 Å². The van der Waals surface area contributed by atoms with Crippen LogP contribution in [-0.4, -0.2) is 31.3 Å². The highest BCUT2D eigenvalue weighted by Gasteiger charge is 2.11. The summed E-state index contributed by atoms with van der Waals surface area (Å²) in [6.45, 7) is 2.53. The van der Waals surface area contributed by atoms with Crippen molar-refractivity contribution >= 4 is 17.9 Å². The van der Waals surface area contributed by atoms with Gasteiger partial charge in [-0.3, -0.25) is 14.4 Å². The smallest absolute Gasteiger partial charge is 0.320 e. The number of carbonyl (C=O) groups excluding carboxylic acids is 3. The van der Waals surface area contributed by atoms with Crippen LogP contribution in [0.15, 0.2) is 0 Å². The summed E-state index contributed by atoms with van der Waals surface area (Å²) in [7, 11) is 0. The highest BCUT2D eigenvalue weighted by Crippen LogP contribution is 1.91. The highest BCUT2D eigenvalue weighted by molar-refractivity contribution is 5.91. The van der Waals surface area contributed by atoms with E-state index in [0.29, 0.717) is 0 Å². The Morgan fingerprint density at radius 2 is 1.57 bits per heavy atom. The second kappa shape index (κ2) is 6.88. The molecule has 0 rings (SSSR count). The van der Waals surface area contributed by atoms with E-state index in [9.17, 15) is 14.4 Å². The summed E-state index contributed by atoms with van der Waals surface area (Å²) < 4.78 is 13.2. The molecule has 0 spiro atoms. The molecule has 0 aromatic carbocycles. The molecule has 0 unspecified atom stereocenters. The van der Waals surface area contributed by atoms with Gasteiger partial charge in [-0.25, -0.2) is 0 Å². The maximum absolute atomic E-state index is 10.8. The van der Waals surface area contributed by atoms with Gasteiger partial charge in [-0.1, -0.05) is 0 Å². The van der Waals surface area contributed by atoms with Crippen LogP contribution in [0.2, 0.25) is 0 Å². The lowest BCUT2D eigenvalue weighted by Gasteiger charge is -2.03. The van der Waals surface area contributed by atoms with Crippen LogP contribution in [0.1, 0.15) is 20.3 Å². The Labute approximate surface area is 81.1 Å². The highest BCUT2D eigenvalue weighted by atomic mass is 16.7. The standard InChI is InChI=1S/C8H12O6/c1-3-12-7(10)4-8(11)14-5-13-6(2)9/h3-5H2,1-2H3. The van der Waals surface area contributed by atoms with E-state index < -0.39 is 31.1 Å². The Balaban J connectivity index is 3.55. The van der Waals surface area contributed by atoms with Gasteiger partial charge < -0.3 is 14.2 Å². The number of rotatable bonds is 5. The summed E-state index contributed by atoms with van der Waals surface area (Å²) in [5.74, 6) is -2.01. The van der Waals surface area contributed by atoms with Gasteiger partial charge in [0.05, 0.1) is 6.61 Å². The molecule has 0 aromatic rings. The van der Waals surface area contributed by atoms with Crippen LogP contribution < -0.4 is 0 Å². The van der Waals surface area contributed by atoms with Crippen LogP contribution >= 0.6 is 0 Å². The van der Waals surface area contributed by atoms with Gasteiger partial charge in [-0.2, -0.15) is 0 Å². The molecule has 0 amide bonds. The minimum atomic E-state index is -0.787. The maximum atomic E-state index is 10.8. The summed E-state index contributed by atoms with van der Waals surface area (Å²) in [4.78, 5) is 31.8. The average molecular weight is 204 g/mol. The molecule has 0 atom stereocenters. The maximum Gasteiger partial charge on any atom is 0.320 e. The predicted molar refractivity (Wildman–Crippen MR) is 44.0 cm³/mol. The molecule has 6 nitrogen and oxygen atoms in total. The fourth-order valence-corrected chi connectivity index (χ4v) is 0.559. The SMILES string of the molecule is CCOC(=O)CC(=O)OCOC(C)=O. The molecular formula is C8H12O6. The monoisotopic (exact) mass is 204 g/mol. The molecule has 14 heavy (non-hydrogen) atoms. The van der Waals surface area contributed by atoms with Crippen LogP contribution in [0.25, 0.3) is 0 Å². The third-order valence-electron chi connectivity index (χ3n) is 1.08. The Bertz CT molecular complexity index is 222. The molecular weight excluding hydrogens is 192 g/mol. The van der Waals surface area contributed by atoms with E-state index in [1.54, 1.807) is 6.92 Å². The van der Waals surface area contributed by atoms with E-state index in [-0.39, 0.29) is 6.61 Å². The van der Waals surface area contributed by atoms with Crippen molar-refractivity contribution in [2.75, 3.05) is 13.4 Å². The first kappa shape index (κ1) is 12.4. The third-order valence-corrected chi connectivity index (χ3v) is 1.08. The molecule has 6 heteroatoms. The topological polar surface area (TPSA) is 78.9 Å². The Morgan fingerprint density at radius 1 is 1.00 bits per heavy atom. The van der Waals surface area contributed by atoms with E-state index in [1.165, 1.54) is 6.92 Å². The summed E-state index contributed by atoms with van der Waals surface area (Å²) in [5.41, 5.74) is 0. The first-order valence-electron chi connectivity index (χ1n) is 4.00. The zero-order valence-electron chi connectivity index (χ0n) is 8.07. The molecule has 0 aliphatic carbocycles. The van der Waals surface area contributed by atoms with E-state index in [0.717, 1.165) is 0 Å². The molecule has 0 radical (unpaired) electrons. The number of hydrogen-bond donors (Lipinski definition) is 0. The number of ether oxygens (including phenoxy) is 3. The van der Waals surface area contributed by atoms with Crippen molar-refractivity contribution in [3.05, 3.63) is 0 Å². The van der Waals surface area contributed by atoms with Crippen LogP contribution in [-0.2, 0) is 28.6 Å². The quantitative estimate of drug-likeness (QED) is 0.356. The van der Waals surface area contributed by atoms with Crippen LogP contribution in [0.3, 0.4) is 0 Å². The van der Waals surface area contributed by atoms with Crippen molar-refractivity contribution in [1.29, 1.82) is 0 Å². The second-order valence-corrected chi connectivity index (χ2v) is 2.25. The molecule has 0 aliphatic heterocycles. The van der Waals surface area contributed by atoms with Gasteiger partial charge in [0.2, 0.25) is 6.79 Å². The lowest BCUT2D eigenvalue weighted by Crippen LogP contribution is -2.16. The summed E-state index contributed by atoms with van der Waals surface area (Å²) in [6.07, 6.45) is -0.477. The fourth-order valence-electron chi connectivity index (χ4n) is 0.559. The van der Waals surface area contributed by atoms with Crippen LogP contribution in [0, 0.1) is 0 Å². The normalized spacial score (nSPS) is 9.00. The van der Waals surface area contributed by atoms with E-state index in [1.807, 2.05) is 0 Å². The minimum Gasteiger partial charge on any atom is -0.466 e. The Kier molecular flexibility index (Phi) is 6.09. The zero-order chi connectivity index (χ0) is 11.0. The zero-order valence-corrected chi connectivity index (χ0v) is 8.07. The minimum absolute atomic E-state index is 0.204. The van der Waals surface area contributed by atoms with Gasteiger partial charge in [-0.15, -0.1) is 0 Å². The summed E-state index contributed by atoms with van der Waals surface area (Å²) >= 11 is 0. The molecule has 0 heterocycles. The third kappa shape index (κ3) is 7.08. The van der Waals surface area contributed by atoms with Crippen molar-refractivity contribution in [2.24, 2.45) is 0 Å². The van der Waals surface area contributed by atoms with Crippen molar-refractivity contribution in [3.8, 4) is 0 Å². The molecule has 0 bridgehead atoms. The van der Waals surface area contributed by atoms with E-state index >= 15 is 0 Å². The van der Waals surface area contributed by atoms with Crippen molar-refractivity contribution in [3.63, 3.8) is 0 Å². The molecule has 0 fully saturated rings. The molecule has 0 N–H and O–H groups in total. The largest absolute Gasteiger partial charge is 0.466 e. The average Bonchev–Trinajstić information content (AvgIpc) is 2.03. The predicted octanol–water partition coefficient (Wildman–Crippen LogP) is 0.00340. The van der Waals surface area contributed by atoms with Gasteiger partial charge in [0.1, 0.15) is 6.42 Å². The molecule has 80 valence electrons. The summed E-state index contributed by atoms with van der Waals surface area (Å²) in [6, 6.07) is 0. The van der Waals surface area contributed by atoms with E-state index in [4.69, 9.17) is 0 Å². The molecule has 0 aliphatic rings. The van der Waals surface area contributed by atoms with Crippen molar-refractivity contribution in [2.45, 2.75) is 20.3 Å². The fraction of sp³-hybridized carbons (Fsp3) is 0.625. The lowest BCUT2D eigenvalue weighted by molar-refractivity contribution is -0.168. The van der Waals surface area contributed by atoms with Crippen LogP contribution in [0.5, 0.6) is 0 Å². The summed E-state index contributed by atoms with van der Waals surface area (Å²) in [5, 5.41) is 0. The van der Waals surface area contributed by atoms with Crippen molar-refractivity contribution < 1.29 is 28.6 Å². The molecule has 0 aromatic heterocycles. The Hall–Kier alpha value is -1.59. The first-order valence-corrected chi connectivity index (χ1v) is 4.00. The molecule has 0 saturated heterocycles. The van der Waals surface area contributed by atoms with E-state index in [2.05, 4.69) is 14.2 Å². The molecule has 0 saturated carbocycles. The van der Waals surface area contributed by atoms with Gasteiger partial charge >= 0.3 is 17.9 Å². The second-order valence-electron chi connectivity index (χ2n) is 2.25.